The molecule has 0 spiro atoms. The molecule has 4 aromatic rings. The molecule has 2 nitrogen and oxygen atoms in total. The van der Waals surface area contributed by atoms with Gasteiger partial charge < -0.3 is 0 Å². The molecule has 0 saturated heterocycles. The molecule has 0 atom stereocenters. The summed E-state index contributed by atoms with van der Waals surface area (Å²) in [4.78, 5) is 0. The van der Waals surface area contributed by atoms with E-state index in [1.807, 2.05) is 0 Å². The first kappa shape index (κ1) is 18.8. The minimum atomic E-state index is 0.241. The fourth-order valence-electron chi connectivity index (χ4n) is 3.78. The maximum atomic E-state index is 4.63. The van der Waals surface area contributed by atoms with Gasteiger partial charge in [0.1, 0.15) is 11.0 Å². The van der Waals surface area contributed by atoms with Crippen LogP contribution in [0, 0.1) is 6.92 Å². The molecule has 142 valence electrons. The lowest BCUT2D eigenvalue weighted by molar-refractivity contribution is 0.439. The molecule has 0 saturated carbocycles. The van der Waals surface area contributed by atoms with Crippen LogP contribution in [-0.2, 0) is 5.41 Å². The first-order valence-corrected chi connectivity index (χ1v) is 10.7. The predicted octanol–water partition coefficient (Wildman–Crippen LogP) is 7.41. The number of hydrogen-bond donors (Lipinski definition) is 0. The molecule has 3 aromatic carbocycles. The first-order valence-electron chi connectivity index (χ1n) is 9.99. The number of hydrogen-bond acceptors (Lipinski definition) is 3. The zero-order chi connectivity index (χ0) is 19.7. The second-order valence-corrected chi connectivity index (χ2v) is 8.36. The van der Waals surface area contributed by atoms with E-state index in [4.69, 9.17) is 0 Å². The van der Waals surface area contributed by atoms with E-state index in [1.165, 1.54) is 34.0 Å². The van der Waals surface area contributed by atoms with Crippen LogP contribution in [0.1, 0.15) is 44.7 Å². The lowest BCUT2D eigenvalue weighted by Crippen LogP contribution is -2.19. The van der Waals surface area contributed by atoms with Crippen LogP contribution in [-0.4, -0.2) is 8.75 Å². The smallest absolute Gasteiger partial charge is 0.113 e. The van der Waals surface area contributed by atoms with Crippen LogP contribution in [0.4, 0.5) is 0 Å². The van der Waals surface area contributed by atoms with Crippen molar-refractivity contribution in [1.29, 1.82) is 0 Å². The minimum Gasteiger partial charge on any atom is -0.172 e. The van der Waals surface area contributed by atoms with Gasteiger partial charge in [0.2, 0.25) is 0 Å². The molecule has 0 amide bonds. The summed E-state index contributed by atoms with van der Waals surface area (Å²) in [7, 11) is 0. The minimum absolute atomic E-state index is 0.241. The summed E-state index contributed by atoms with van der Waals surface area (Å²) in [5.41, 5.74) is 9.58. The number of fused-ring (bicyclic) bond motifs is 1. The monoisotopic (exact) mass is 386 g/mol. The molecule has 0 aliphatic rings. The standard InChI is InChI=1S/C25H26N2S/c1-5-25(4,6-2)20-13-11-19(12-14-20)22-16-15-21(23-24(22)27-28-26-23)18-9-7-17(3)8-10-18/h7-16H,5-6H2,1-4H3. The first-order chi connectivity index (χ1) is 13.6. The van der Waals surface area contributed by atoms with E-state index >= 15 is 0 Å². The van der Waals surface area contributed by atoms with Crippen LogP contribution >= 0.6 is 11.7 Å². The van der Waals surface area contributed by atoms with Crippen LogP contribution in [0.2, 0.25) is 0 Å². The Hall–Kier alpha value is -2.52. The zero-order valence-corrected chi connectivity index (χ0v) is 17.8. The molecule has 0 N–H and O–H groups in total. The summed E-state index contributed by atoms with van der Waals surface area (Å²) < 4.78 is 9.25. The molecule has 0 radical (unpaired) electrons. The summed E-state index contributed by atoms with van der Waals surface area (Å²) >= 11 is 1.29. The predicted molar refractivity (Wildman–Crippen MR) is 121 cm³/mol. The Morgan fingerprint density at radius 3 is 1.64 bits per heavy atom. The van der Waals surface area contributed by atoms with Crippen molar-refractivity contribution in [3.05, 3.63) is 71.8 Å². The summed E-state index contributed by atoms with van der Waals surface area (Å²) in [6.07, 6.45) is 2.29. The van der Waals surface area contributed by atoms with E-state index < -0.39 is 0 Å². The van der Waals surface area contributed by atoms with Crippen molar-refractivity contribution >= 4 is 22.8 Å². The molecule has 1 aromatic heterocycles. The van der Waals surface area contributed by atoms with E-state index in [9.17, 15) is 0 Å². The highest BCUT2D eigenvalue weighted by atomic mass is 32.1. The van der Waals surface area contributed by atoms with Crippen molar-refractivity contribution in [3.8, 4) is 22.3 Å². The maximum absolute atomic E-state index is 4.63. The summed E-state index contributed by atoms with van der Waals surface area (Å²) in [6.45, 7) is 9.00. The molecule has 1 heterocycles. The number of nitrogens with zero attached hydrogens (tertiary/aromatic N) is 2. The van der Waals surface area contributed by atoms with Gasteiger partial charge in [-0.3, -0.25) is 0 Å². The molecule has 0 unspecified atom stereocenters. The molecule has 28 heavy (non-hydrogen) atoms. The normalized spacial score (nSPS) is 11.9. The van der Waals surface area contributed by atoms with Gasteiger partial charge in [0.05, 0.1) is 11.7 Å². The molecular formula is C25H26N2S. The van der Waals surface area contributed by atoms with Crippen molar-refractivity contribution in [3.63, 3.8) is 0 Å². The lowest BCUT2D eigenvalue weighted by Gasteiger charge is -2.27. The Morgan fingerprint density at radius 2 is 1.18 bits per heavy atom. The molecule has 0 fully saturated rings. The van der Waals surface area contributed by atoms with E-state index in [-0.39, 0.29) is 5.41 Å². The van der Waals surface area contributed by atoms with Crippen molar-refractivity contribution < 1.29 is 0 Å². The number of benzene rings is 3. The maximum Gasteiger partial charge on any atom is 0.113 e. The van der Waals surface area contributed by atoms with Crippen LogP contribution in [0.25, 0.3) is 33.3 Å². The topological polar surface area (TPSA) is 25.8 Å². The SMILES string of the molecule is CCC(C)(CC)c1ccc(-c2ccc(-c3ccc(C)cc3)c3nsnc23)cc1. The van der Waals surface area contributed by atoms with Gasteiger partial charge in [-0.2, -0.15) is 8.75 Å². The summed E-state index contributed by atoms with van der Waals surface area (Å²) in [6, 6.07) is 22.0. The molecule has 4 rings (SSSR count). The number of aryl methyl sites for hydroxylation is 1. The molecule has 0 aliphatic carbocycles. The average molecular weight is 387 g/mol. The van der Waals surface area contributed by atoms with Crippen molar-refractivity contribution in [1.82, 2.24) is 8.75 Å². The third kappa shape index (κ3) is 3.24. The van der Waals surface area contributed by atoms with Crippen molar-refractivity contribution in [2.24, 2.45) is 0 Å². The second kappa shape index (κ2) is 7.48. The highest BCUT2D eigenvalue weighted by molar-refractivity contribution is 7.00. The zero-order valence-electron chi connectivity index (χ0n) is 17.0. The van der Waals surface area contributed by atoms with E-state index in [1.54, 1.807) is 0 Å². The van der Waals surface area contributed by atoms with Crippen LogP contribution in [0.15, 0.2) is 60.7 Å². The lowest BCUT2D eigenvalue weighted by atomic mass is 9.77. The molecule has 0 bridgehead atoms. The van der Waals surface area contributed by atoms with Gasteiger partial charge in [-0.25, -0.2) is 0 Å². The summed E-state index contributed by atoms with van der Waals surface area (Å²) in [5.74, 6) is 0. The van der Waals surface area contributed by atoms with Crippen molar-refractivity contribution in [2.75, 3.05) is 0 Å². The van der Waals surface area contributed by atoms with Gasteiger partial charge in [-0.15, -0.1) is 0 Å². The quantitative estimate of drug-likeness (QED) is 0.357. The van der Waals surface area contributed by atoms with Crippen LogP contribution in [0.5, 0.6) is 0 Å². The average Bonchev–Trinajstić information content (AvgIpc) is 3.23. The van der Waals surface area contributed by atoms with Crippen LogP contribution in [0.3, 0.4) is 0 Å². The molecule has 3 heteroatoms. The number of rotatable bonds is 5. The van der Waals surface area contributed by atoms with Gasteiger partial charge in [0, 0.05) is 11.1 Å². The van der Waals surface area contributed by atoms with Gasteiger partial charge in [-0.1, -0.05) is 87.0 Å². The van der Waals surface area contributed by atoms with Crippen LogP contribution < -0.4 is 0 Å². The Balaban J connectivity index is 1.78. The third-order valence-electron chi connectivity index (χ3n) is 6.23. The largest absolute Gasteiger partial charge is 0.172 e. The van der Waals surface area contributed by atoms with E-state index in [2.05, 4.69) is 97.1 Å². The third-order valence-corrected chi connectivity index (χ3v) is 6.76. The van der Waals surface area contributed by atoms with Gasteiger partial charge in [-0.05, 0) is 41.9 Å². The van der Waals surface area contributed by atoms with Gasteiger partial charge >= 0.3 is 0 Å². The molecular weight excluding hydrogens is 360 g/mol. The fraction of sp³-hybridized carbons (Fsp3) is 0.280. The highest BCUT2D eigenvalue weighted by Crippen LogP contribution is 2.36. The van der Waals surface area contributed by atoms with E-state index in [0.717, 1.165) is 35.0 Å². The summed E-state index contributed by atoms with van der Waals surface area (Å²) in [5, 5.41) is 0. The second-order valence-electron chi connectivity index (χ2n) is 7.83. The molecule has 0 aliphatic heterocycles. The Morgan fingerprint density at radius 1 is 0.714 bits per heavy atom. The van der Waals surface area contributed by atoms with E-state index in [0.29, 0.717) is 0 Å². The highest BCUT2D eigenvalue weighted by Gasteiger charge is 2.22. The van der Waals surface area contributed by atoms with Crippen molar-refractivity contribution in [2.45, 2.75) is 46.0 Å². The fourth-order valence-corrected chi connectivity index (χ4v) is 4.35. The van der Waals surface area contributed by atoms with Gasteiger partial charge in [0.25, 0.3) is 0 Å². The Labute approximate surface area is 171 Å². The Kier molecular flexibility index (Phi) is 5.03. The van der Waals surface area contributed by atoms with Gasteiger partial charge in [0.15, 0.2) is 0 Å². The number of aromatic nitrogens is 2. The Bertz CT molecular complexity index is 1090.